The summed E-state index contributed by atoms with van der Waals surface area (Å²) in [5.41, 5.74) is 0. The fourth-order valence-electron chi connectivity index (χ4n) is 1.09. The third-order valence-electron chi connectivity index (χ3n) is 1.73. The summed E-state index contributed by atoms with van der Waals surface area (Å²) < 4.78 is 0. The van der Waals surface area contributed by atoms with E-state index in [0.717, 1.165) is 5.92 Å². The van der Waals surface area contributed by atoms with Crippen LogP contribution in [0.25, 0.3) is 0 Å². The van der Waals surface area contributed by atoms with Gasteiger partial charge in [0.2, 0.25) is 0 Å². The van der Waals surface area contributed by atoms with Gasteiger partial charge in [0.25, 0.3) is 0 Å². The van der Waals surface area contributed by atoms with Crippen molar-refractivity contribution < 1.29 is 17.0 Å². The van der Waals surface area contributed by atoms with Crippen molar-refractivity contribution in [3.63, 3.8) is 0 Å². The minimum absolute atomic E-state index is 0. The first-order valence-electron chi connectivity index (χ1n) is 3.21. The van der Waals surface area contributed by atoms with E-state index in [2.05, 4.69) is 13.3 Å². The Morgan fingerprint density at radius 2 is 1.67 bits per heavy atom. The van der Waals surface area contributed by atoms with E-state index in [1.165, 1.54) is 25.7 Å². The third-order valence-corrected chi connectivity index (χ3v) is 1.73. The molecule has 1 rings (SSSR count). The molecule has 0 N–H and O–H groups in total. The summed E-state index contributed by atoms with van der Waals surface area (Å²) in [6.07, 6.45) is 7.99. The van der Waals surface area contributed by atoms with Crippen LogP contribution < -0.4 is 17.0 Å². The molecule has 0 radical (unpaired) electrons. The first-order valence-corrected chi connectivity index (χ1v) is 3.21. The average molecular weight is 201 g/mol. The molecule has 0 spiro atoms. The molecule has 1 fully saturated rings. The molecule has 1 saturated carbocycles. The summed E-state index contributed by atoms with van der Waals surface area (Å²) in [5, 5.41) is 0. The summed E-state index contributed by atoms with van der Waals surface area (Å²) >= 11 is 0. The zero-order valence-corrected chi connectivity index (χ0v) is 9.07. The van der Waals surface area contributed by atoms with Gasteiger partial charge in [0.05, 0.1) is 0 Å². The molecule has 0 saturated heterocycles. The van der Waals surface area contributed by atoms with Crippen molar-refractivity contribution in [1.82, 2.24) is 0 Å². The normalized spacial score (nSPS) is 19.7. The SMILES string of the molecule is CC1CC[CH-]CC1.[Br-].[Mg+2]. The van der Waals surface area contributed by atoms with Gasteiger partial charge in [-0.25, -0.2) is 0 Å². The van der Waals surface area contributed by atoms with Crippen molar-refractivity contribution in [2.75, 3.05) is 0 Å². The van der Waals surface area contributed by atoms with Gasteiger partial charge in [-0.15, -0.1) is 0 Å². The van der Waals surface area contributed by atoms with Gasteiger partial charge >= 0.3 is 23.1 Å². The molecule has 0 bridgehead atoms. The van der Waals surface area contributed by atoms with E-state index in [-0.39, 0.29) is 40.0 Å². The van der Waals surface area contributed by atoms with E-state index >= 15 is 0 Å². The third kappa shape index (κ3) is 5.68. The standard InChI is InChI=1S/C7H13.BrH.Mg/c1-7-5-3-2-4-6-7;;/h2,7H,3-6H2,1H3;1H;/q-1;;+2/p-1. The van der Waals surface area contributed by atoms with Gasteiger partial charge in [-0.2, -0.15) is 12.8 Å². The predicted octanol–water partition coefficient (Wildman–Crippen LogP) is -0.976. The molecule has 0 aromatic carbocycles. The molecule has 0 aromatic rings. The van der Waals surface area contributed by atoms with Crippen LogP contribution in [0.3, 0.4) is 0 Å². The second kappa shape index (κ2) is 7.35. The predicted molar refractivity (Wildman–Crippen MR) is 37.7 cm³/mol. The van der Waals surface area contributed by atoms with Crippen LogP contribution in [-0.2, 0) is 0 Å². The van der Waals surface area contributed by atoms with Gasteiger partial charge in [-0.3, -0.25) is 0 Å². The van der Waals surface area contributed by atoms with Crippen LogP contribution in [0.15, 0.2) is 0 Å². The minimum atomic E-state index is 0. The smallest absolute Gasteiger partial charge is 1.00 e. The first-order chi connectivity index (χ1) is 3.39. The summed E-state index contributed by atoms with van der Waals surface area (Å²) in [6, 6.07) is 0. The molecule has 0 heterocycles. The number of hydrogen-bond donors (Lipinski definition) is 0. The molecule has 0 unspecified atom stereocenters. The molecule has 2 heteroatoms. The summed E-state index contributed by atoms with van der Waals surface area (Å²) in [7, 11) is 0. The second-order valence-corrected chi connectivity index (χ2v) is 2.55. The van der Waals surface area contributed by atoms with E-state index in [9.17, 15) is 0 Å². The van der Waals surface area contributed by atoms with Crippen LogP contribution in [0.4, 0.5) is 0 Å². The van der Waals surface area contributed by atoms with E-state index in [4.69, 9.17) is 0 Å². The average Bonchev–Trinajstić information content (AvgIpc) is 1.69. The van der Waals surface area contributed by atoms with E-state index in [0.29, 0.717) is 0 Å². The Hall–Kier alpha value is 1.25. The largest absolute Gasteiger partial charge is 2.00 e. The summed E-state index contributed by atoms with van der Waals surface area (Å²) in [4.78, 5) is 0. The van der Waals surface area contributed by atoms with Crippen LogP contribution in [-0.4, -0.2) is 23.1 Å². The Labute approximate surface area is 84.7 Å². The van der Waals surface area contributed by atoms with Crippen molar-refractivity contribution in [3.8, 4) is 0 Å². The van der Waals surface area contributed by atoms with Gasteiger partial charge in [0, 0.05) is 0 Å². The molecule has 0 nitrogen and oxygen atoms in total. The molecule has 1 aliphatic carbocycles. The maximum absolute atomic E-state index is 2.40. The Morgan fingerprint density at radius 3 is 1.89 bits per heavy atom. The van der Waals surface area contributed by atoms with Gasteiger partial charge in [-0.1, -0.05) is 19.8 Å². The second-order valence-electron chi connectivity index (χ2n) is 2.55. The molecule has 9 heavy (non-hydrogen) atoms. The monoisotopic (exact) mass is 200 g/mol. The number of halogens is 1. The quantitative estimate of drug-likeness (QED) is 0.349. The molecule has 0 aromatic heterocycles. The van der Waals surface area contributed by atoms with Gasteiger partial charge in [-0.05, 0) is 5.92 Å². The molecular weight excluding hydrogens is 188 g/mol. The number of rotatable bonds is 0. The zero-order valence-electron chi connectivity index (χ0n) is 6.07. The topological polar surface area (TPSA) is 0 Å². The maximum Gasteiger partial charge on any atom is 2.00 e. The minimum Gasteiger partial charge on any atom is -1.00 e. The van der Waals surface area contributed by atoms with E-state index < -0.39 is 0 Å². The molecular formula is C7H13BrMg. The van der Waals surface area contributed by atoms with Gasteiger partial charge in [0.1, 0.15) is 0 Å². The van der Waals surface area contributed by atoms with Crippen molar-refractivity contribution in [1.29, 1.82) is 0 Å². The van der Waals surface area contributed by atoms with Gasteiger partial charge in [0.15, 0.2) is 0 Å². The fourth-order valence-corrected chi connectivity index (χ4v) is 1.09. The first kappa shape index (κ1) is 12.9. The fraction of sp³-hybridized carbons (Fsp3) is 0.857. The maximum atomic E-state index is 2.40. The van der Waals surface area contributed by atoms with Crippen LogP contribution in [0.5, 0.6) is 0 Å². The van der Waals surface area contributed by atoms with Crippen molar-refractivity contribution in [2.24, 2.45) is 5.92 Å². The van der Waals surface area contributed by atoms with Gasteiger partial charge < -0.3 is 23.4 Å². The molecule has 50 valence electrons. The Balaban J connectivity index is 0. The number of hydrogen-bond acceptors (Lipinski definition) is 0. The molecule has 0 aliphatic heterocycles. The van der Waals surface area contributed by atoms with Crippen LogP contribution >= 0.6 is 0 Å². The van der Waals surface area contributed by atoms with Crippen molar-refractivity contribution in [3.05, 3.63) is 6.42 Å². The van der Waals surface area contributed by atoms with Crippen molar-refractivity contribution >= 4 is 23.1 Å². The molecule has 1 aliphatic rings. The van der Waals surface area contributed by atoms with Crippen LogP contribution in [0.2, 0.25) is 0 Å². The Bertz CT molecular complexity index is 50.9. The summed E-state index contributed by atoms with van der Waals surface area (Å²) in [6.45, 7) is 2.34. The van der Waals surface area contributed by atoms with Crippen LogP contribution in [0, 0.1) is 12.3 Å². The van der Waals surface area contributed by atoms with Crippen molar-refractivity contribution in [2.45, 2.75) is 32.6 Å². The van der Waals surface area contributed by atoms with Crippen LogP contribution in [0.1, 0.15) is 32.6 Å². The zero-order chi connectivity index (χ0) is 5.11. The molecule has 0 amide bonds. The Morgan fingerprint density at radius 1 is 1.22 bits per heavy atom. The summed E-state index contributed by atoms with van der Waals surface area (Å²) in [5.74, 6) is 1.00. The van der Waals surface area contributed by atoms with E-state index in [1.807, 2.05) is 0 Å². The van der Waals surface area contributed by atoms with E-state index in [1.54, 1.807) is 0 Å². The Kier molecular flexibility index (Phi) is 10.5. The molecule has 0 atom stereocenters.